The van der Waals surface area contributed by atoms with E-state index in [-0.39, 0.29) is 23.1 Å². The van der Waals surface area contributed by atoms with Crippen molar-refractivity contribution in [3.8, 4) is 0 Å². The van der Waals surface area contributed by atoms with Crippen LogP contribution in [0.1, 0.15) is 57.1 Å². The number of rotatable bonds is 5. The van der Waals surface area contributed by atoms with Gasteiger partial charge in [-0.2, -0.15) is 5.10 Å². The van der Waals surface area contributed by atoms with Gasteiger partial charge in [-0.3, -0.25) is 9.59 Å². The molecule has 2 aromatic rings. The van der Waals surface area contributed by atoms with Crippen LogP contribution in [-0.2, 0) is 9.59 Å². The first-order valence-electron chi connectivity index (χ1n) is 11.9. The lowest BCUT2D eigenvalue weighted by Crippen LogP contribution is -2.52. The maximum Gasteiger partial charge on any atom is 0.231 e. The third kappa shape index (κ3) is 5.70. The van der Waals surface area contributed by atoms with E-state index >= 15 is 0 Å². The lowest BCUT2D eigenvalue weighted by atomic mass is 9.87. The summed E-state index contributed by atoms with van der Waals surface area (Å²) in [7, 11) is 0. The van der Waals surface area contributed by atoms with Gasteiger partial charge in [-0.05, 0) is 60.4 Å². The number of carbonyl (C=O) groups excluding carboxylic acids is 2. The number of likely N-dealkylation sites (tertiary alicyclic amines) is 1. The van der Waals surface area contributed by atoms with Crippen LogP contribution in [0.4, 0.5) is 11.5 Å². The summed E-state index contributed by atoms with van der Waals surface area (Å²) in [5.41, 5.74) is 3.21. The van der Waals surface area contributed by atoms with Gasteiger partial charge in [0.25, 0.3) is 0 Å². The van der Waals surface area contributed by atoms with Crippen LogP contribution in [0.25, 0.3) is 0 Å². The van der Waals surface area contributed by atoms with Crippen molar-refractivity contribution in [2.75, 3.05) is 36.4 Å². The molecule has 1 N–H and O–H groups in total. The Balaban J connectivity index is 1.24. The fourth-order valence-corrected chi connectivity index (χ4v) is 4.63. The highest BCUT2D eigenvalue weighted by Crippen LogP contribution is 2.31. The molecule has 0 aliphatic carbocycles. The number of anilines is 2. The number of nitrogens with one attached hydrogen (secondary N) is 1. The summed E-state index contributed by atoms with van der Waals surface area (Å²) in [5.74, 6) is 1.59. The monoisotopic (exact) mass is 449 g/mol. The maximum atomic E-state index is 12.6. The van der Waals surface area contributed by atoms with Crippen molar-refractivity contribution in [1.82, 2.24) is 15.1 Å². The number of amides is 2. The zero-order valence-electron chi connectivity index (χ0n) is 20.2. The average molecular weight is 450 g/mol. The molecule has 7 heteroatoms. The Morgan fingerprint density at radius 3 is 2.33 bits per heavy atom. The van der Waals surface area contributed by atoms with Crippen LogP contribution >= 0.6 is 0 Å². The summed E-state index contributed by atoms with van der Waals surface area (Å²) in [6.07, 6.45) is 4.26. The second kappa shape index (κ2) is 9.49. The van der Waals surface area contributed by atoms with Crippen molar-refractivity contribution in [2.24, 2.45) is 11.3 Å². The fourth-order valence-electron chi connectivity index (χ4n) is 4.63. The van der Waals surface area contributed by atoms with Gasteiger partial charge < -0.3 is 15.1 Å². The first-order chi connectivity index (χ1) is 15.7. The zero-order valence-corrected chi connectivity index (χ0v) is 20.2. The number of aromatic nitrogens is 2. The molecular weight excluding hydrogens is 414 g/mol. The standard InChI is InChI=1S/C26H35N5O2/c1-18-9-12-27-29-24(18)31-16-21(17-31)25(33)28-22-7-5-19(6-8-22)20-10-13-30(14-11-20)23(32)15-26(2,3)4/h5-9,12,20-21H,10-11,13-17H2,1-4H3,(H,28,33). The van der Waals surface area contributed by atoms with Gasteiger partial charge in [-0.15, -0.1) is 5.10 Å². The van der Waals surface area contributed by atoms with Crippen LogP contribution in [0.2, 0.25) is 0 Å². The van der Waals surface area contributed by atoms with Crippen LogP contribution in [-0.4, -0.2) is 53.1 Å². The van der Waals surface area contributed by atoms with E-state index in [1.807, 2.05) is 30.0 Å². The highest BCUT2D eigenvalue weighted by molar-refractivity contribution is 5.94. The molecule has 4 rings (SSSR count). The molecule has 2 saturated heterocycles. The molecule has 0 atom stereocenters. The van der Waals surface area contributed by atoms with Crippen LogP contribution in [0.3, 0.4) is 0 Å². The molecule has 2 amide bonds. The number of aryl methyl sites for hydroxylation is 1. The number of piperidine rings is 1. The Bertz CT molecular complexity index is 984. The number of hydrogen-bond donors (Lipinski definition) is 1. The number of hydrogen-bond acceptors (Lipinski definition) is 5. The van der Waals surface area contributed by atoms with Gasteiger partial charge >= 0.3 is 0 Å². The summed E-state index contributed by atoms with van der Waals surface area (Å²) < 4.78 is 0. The van der Waals surface area contributed by atoms with Crippen molar-refractivity contribution in [3.05, 3.63) is 47.7 Å². The van der Waals surface area contributed by atoms with E-state index in [2.05, 4.69) is 53.3 Å². The molecule has 7 nitrogen and oxygen atoms in total. The van der Waals surface area contributed by atoms with Crippen molar-refractivity contribution in [2.45, 2.75) is 52.9 Å². The lowest BCUT2D eigenvalue weighted by molar-refractivity contribution is -0.134. The summed E-state index contributed by atoms with van der Waals surface area (Å²) >= 11 is 0. The van der Waals surface area contributed by atoms with Crippen molar-refractivity contribution < 1.29 is 9.59 Å². The first-order valence-corrected chi connectivity index (χ1v) is 11.9. The molecule has 2 aliphatic rings. The quantitative estimate of drug-likeness (QED) is 0.746. The molecule has 0 radical (unpaired) electrons. The van der Waals surface area contributed by atoms with Gasteiger partial charge in [-0.1, -0.05) is 32.9 Å². The van der Waals surface area contributed by atoms with Crippen LogP contribution in [0.15, 0.2) is 36.5 Å². The van der Waals surface area contributed by atoms with Crippen LogP contribution in [0, 0.1) is 18.3 Å². The van der Waals surface area contributed by atoms with Gasteiger partial charge in [0.1, 0.15) is 0 Å². The SMILES string of the molecule is Cc1ccnnc1N1CC(C(=O)Nc2ccc(C3CCN(C(=O)CC(C)(C)C)CC3)cc2)C1. The Kier molecular flexibility index (Phi) is 6.68. The molecule has 1 aromatic carbocycles. The predicted octanol–water partition coefficient (Wildman–Crippen LogP) is 4.00. The predicted molar refractivity (Wildman–Crippen MR) is 130 cm³/mol. The van der Waals surface area contributed by atoms with E-state index in [0.29, 0.717) is 25.4 Å². The summed E-state index contributed by atoms with van der Waals surface area (Å²) in [5, 5.41) is 11.2. The Morgan fingerprint density at radius 1 is 1.06 bits per heavy atom. The molecule has 0 unspecified atom stereocenters. The minimum Gasteiger partial charge on any atom is -0.353 e. The molecule has 176 valence electrons. The molecule has 0 bridgehead atoms. The minimum absolute atomic E-state index is 0.0283. The second-order valence-electron chi connectivity index (χ2n) is 10.6. The molecule has 33 heavy (non-hydrogen) atoms. The third-order valence-corrected chi connectivity index (χ3v) is 6.63. The van der Waals surface area contributed by atoms with Crippen LogP contribution in [0.5, 0.6) is 0 Å². The van der Waals surface area contributed by atoms with Gasteiger partial charge in [0, 0.05) is 38.3 Å². The largest absolute Gasteiger partial charge is 0.353 e. The minimum atomic E-state index is -0.0407. The lowest BCUT2D eigenvalue weighted by Gasteiger charge is -2.39. The smallest absolute Gasteiger partial charge is 0.231 e. The Labute approximate surface area is 196 Å². The van der Waals surface area contributed by atoms with E-state index in [4.69, 9.17) is 0 Å². The molecule has 2 aliphatic heterocycles. The van der Waals surface area contributed by atoms with Gasteiger partial charge in [0.15, 0.2) is 5.82 Å². The highest BCUT2D eigenvalue weighted by atomic mass is 16.2. The number of nitrogens with zero attached hydrogens (tertiary/aromatic N) is 4. The summed E-state index contributed by atoms with van der Waals surface area (Å²) in [6.45, 7) is 11.3. The number of carbonyl (C=O) groups is 2. The topological polar surface area (TPSA) is 78.4 Å². The molecule has 0 saturated carbocycles. The Morgan fingerprint density at radius 2 is 1.73 bits per heavy atom. The normalized spacial score (nSPS) is 17.6. The fraction of sp³-hybridized carbons (Fsp3) is 0.538. The number of benzene rings is 1. The van der Waals surface area contributed by atoms with Crippen molar-refractivity contribution in [1.29, 1.82) is 0 Å². The van der Waals surface area contributed by atoms with Gasteiger partial charge in [0.2, 0.25) is 11.8 Å². The second-order valence-corrected chi connectivity index (χ2v) is 10.6. The summed E-state index contributed by atoms with van der Waals surface area (Å²) in [4.78, 5) is 29.2. The summed E-state index contributed by atoms with van der Waals surface area (Å²) in [6, 6.07) is 10.2. The average Bonchev–Trinajstić information content (AvgIpc) is 2.73. The Hall–Kier alpha value is -2.96. The molecule has 2 fully saturated rings. The van der Waals surface area contributed by atoms with Crippen molar-refractivity contribution >= 4 is 23.3 Å². The van der Waals surface area contributed by atoms with E-state index in [1.54, 1.807) is 6.20 Å². The molecular formula is C26H35N5O2. The highest BCUT2D eigenvalue weighted by Gasteiger charge is 2.34. The van der Waals surface area contributed by atoms with E-state index < -0.39 is 0 Å². The van der Waals surface area contributed by atoms with E-state index in [1.165, 1.54) is 5.56 Å². The van der Waals surface area contributed by atoms with Gasteiger partial charge in [-0.25, -0.2) is 0 Å². The van der Waals surface area contributed by atoms with E-state index in [0.717, 1.165) is 43.0 Å². The van der Waals surface area contributed by atoms with E-state index in [9.17, 15) is 9.59 Å². The van der Waals surface area contributed by atoms with Crippen molar-refractivity contribution in [3.63, 3.8) is 0 Å². The van der Waals surface area contributed by atoms with Crippen LogP contribution < -0.4 is 10.2 Å². The maximum absolute atomic E-state index is 12.6. The zero-order chi connectivity index (χ0) is 23.6. The third-order valence-electron chi connectivity index (χ3n) is 6.63. The molecule has 0 spiro atoms. The molecule has 1 aromatic heterocycles. The first kappa shape index (κ1) is 23.2. The molecule has 3 heterocycles. The van der Waals surface area contributed by atoms with Gasteiger partial charge in [0.05, 0.1) is 12.1 Å².